The van der Waals surface area contributed by atoms with Gasteiger partial charge in [0.2, 0.25) is 0 Å². The van der Waals surface area contributed by atoms with Gasteiger partial charge in [0, 0.05) is 18.5 Å². The van der Waals surface area contributed by atoms with Gasteiger partial charge in [0.1, 0.15) is 11.5 Å². The molecule has 0 aliphatic carbocycles. The van der Waals surface area contributed by atoms with Crippen molar-refractivity contribution in [2.75, 3.05) is 13.1 Å². The summed E-state index contributed by atoms with van der Waals surface area (Å²) in [6.07, 6.45) is 6.02. The average molecular weight is 369 g/mol. The van der Waals surface area contributed by atoms with E-state index in [1.165, 1.54) is 5.56 Å². The van der Waals surface area contributed by atoms with Gasteiger partial charge >= 0.3 is 0 Å². The van der Waals surface area contributed by atoms with Gasteiger partial charge in [-0.15, -0.1) is 0 Å². The molecule has 26 heavy (non-hydrogen) atoms. The molecule has 1 rings (SSSR count). The van der Waals surface area contributed by atoms with Gasteiger partial charge in [-0.1, -0.05) is 62.7 Å². The highest BCUT2D eigenvalue weighted by Gasteiger charge is 2.13. The molecule has 0 fully saturated rings. The molecule has 0 aliphatic rings. The van der Waals surface area contributed by atoms with E-state index in [1.54, 1.807) is 0 Å². The Bertz CT molecular complexity index is 646. The fraction of sp³-hybridized carbons (Fsp3) is 0.478. The topological polar surface area (TPSA) is 12.5 Å². The number of rotatable bonds is 9. The lowest BCUT2D eigenvalue weighted by atomic mass is 9.98. The summed E-state index contributed by atoms with van der Waals surface area (Å²) in [6, 6.07) is 8.41. The molecule has 0 heterocycles. The number of nitrogens with zero attached hydrogens (tertiary/aromatic N) is 1. The van der Waals surface area contributed by atoms with Crippen LogP contribution in [0, 0.1) is 17.3 Å². The third-order valence-electron chi connectivity index (χ3n) is 3.81. The van der Waals surface area contributed by atoms with Gasteiger partial charge in [-0.05, 0) is 51.1 Å². The fourth-order valence-corrected chi connectivity index (χ4v) is 3.19. The third-order valence-corrected chi connectivity index (χ3v) is 5.30. The summed E-state index contributed by atoms with van der Waals surface area (Å²) in [7, 11) is -0.562. The lowest BCUT2D eigenvalue weighted by molar-refractivity contribution is 0.305. The van der Waals surface area contributed by atoms with Gasteiger partial charge in [0.05, 0.1) is 8.80 Å². The van der Waals surface area contributed by atoms with Crippen LogP contribution in [0.25, 0.3) is 0 Å². The molecule has 1 unspecified atom stereocenters. The molecule has 0 aromatic heterocycles. The van der Waals surface area contributed by atoms with Crippen molar-refractivity contribution >= 4 is 8.80 Å². The SMILES string of the molecule is C=CC(Oc1cccc(CN(CC)CC=CC#CC(C)(C)C)c1)[Si](C)C. The predicted molar refractivity (Wildman–Crippen MR) is 116 cm³/mol. The van der Waals surface area contributed by atoms with Crippen molar-refractivity contribution in [1.29, 1.82) is 0 Å². The Balaban J connectivity index is 2.67. The molecule has 0 saturated carbocycles. The van der Waals surface area contributed by atoms with Crippen LogP contribution in [-0.2, 0) is 6.54 Å². The zero-order chi connectivity index (χ0) is 19.6. The Labute approximate surface area is 162 Å². The minimum Gasteiger partial charge on any atom is -0.490 e. The summed E-state index contributed by atoms with van der Waals surface area (Å²) in [6.45, 7) is 19.7. The van der Waals surface area contributed by atoms with Gasteiger partial charge in [-0.2, -0.15) is 0 Å². The number of ether oxygens (including phenoxy) is 1. The monoisotopic (exact) mass is 368 g/mol. The van der Waals surface area contributed by atoms with Gasteiger partial charge in [-0.3, -0.25) is 4.90 Å². The molecule has 1 radical (unpaired) electrons. The number of hydrogen-bond donors (Lipinski definition) is 0. The molecule has 0 spiro atoms. The van der Waals surface area contributed by atoms with Crippen molar-refractivity contribution in [1.82, 2.24) is 4.90 Å². The van der Waals surface area contributed by atoms with Crippen molar-refractivity contribution in [3.05, 3.63) is 54.6 Å². The van der Waals surface area contributed by atoms with Crippen molar-refractivity contribution in [2.24, 2.45) is 5.41 Å². The van der Waals surface area contributed by atoms with Gasteiger partial charge in [0.25, 0.3) is 0 Å². The van der Waals surface area contributed by atoms with Crippen LogP contribution in [-0.4, -0.2) is 32.5 Å². The van der Waals surface area contributed by atoms with E-state index in [0.717, 1.165) is 25.4 Å². The Hall–Kier alpha value is -1.76. The van der Waals surface area contributed by atoms with Crippen LogP contribution < -0.4 is 4.74 Å². The molecule has 2 nitrogen and oxygen atoms in total. The molecule has 141 valence electrons. The zero-order valence-corrected chi connectivity index (χ0v) is 18.3. The highest BCUT2D eigenvalue weighted by atomic mass is 28.3. The molecular weight excluding hydrogens is 334 g/mol. The highest BCUT2D eigenvalue weighted by molar-refractivity contribution is 6.57. The zero-order valence-electron chi connectivity index (χ0n) is 17.3. The lowest BCUT2D eigenvalue weighted by Gasteiger charge is -2.21. The molecule has 0 saturated heterocycles. The Kier molecular flexibility index (Phi) is 9.47. The lowest BCUT2D eigenvalue weighted by Crippen LogP contribution is -2.28. The molecule has 1 atom stereocenters. The summed E-state index contributed by atoms with van der Waals surface area (Å²) in [5, 5.41) is 0. The van der Waals surface area contributed by atoms with E-state index < -0.39 is 8.80 Å². The van der Waals surface area contributed by atoms with E-state index in [2.05, 4.69) is 88.4 Å². The molecule has 0 aliphatic heterocycles. The van der Waals surface area contributed by atoms with Crippen LogP contribution in [0.2, 0.25) is 13.1 Å². The second kappa shape index (κ2) is 11.1. The molecule has 3 heteroatoms. The first kappa shape index (κ1) is 22.3. The average Bonchev–Trinajstić information content (AvgIpc) is 2.57. The maximum Gasteiger partial charge on any atom is 0.120 e. The third kappa shape index (κ3) is 9.08. The summed E-state index contributed by atoms with van der Waals surface area (Å²) in [5.74, 6) is 7.29. The molecular formula is C23H34NOSi. The standard InChI is InChI=1S/C23H34NOSi/c1-8-22(26(6)7)25-21-15-13-14-20(18-21)19-24(9-2)17-12-10-11-16-23(3,4)5/h8,10,12-15,18,22H,1,9,17,19H2,2-7H3. The van der Waals surface area contributed by atoms with Crippen LogP contribution in [0.3, 0.4) is 0 Å². The van der Waals surface area contributed by atoms with Gasteiger partial charge < -0.3 is 4.74 Å². The minimum atomic E-state index is -0.562. The van der Waals surface area contributed by atoms with E-state index >= 15 is 0 Å². The van der Waals surface area contributed by atoms with Crippen LogP contribution in [0.15, 0.2) is 49.1 Å². The van der Waals surface area contributed by atoms with Crippen molar-refractivity contribution < 1.29 is 4.74 Å². The Morgan fingerprint density at radius 1 is 1.31 bits per heavy atom. The number of benzene rings is 1. The van der Waals surface area contributed by atoms with Gasteiger partial charge in [0.15, 0.2) is 0 Å². The first-order chi connectivity index (χ1) is 12.2. The smallest absolute Gasteiger partial charge is 0.120 e. The predicted octanol–water partition coefficient (Wildman–Crippen LogP) is 5.34. The molecule has 1 aromatic carbocycles. The Morgan fingerprint density at radius 3 is 2.62 bits per heavy atom. The van der Waals surface area contributed by atoms with E-state index in [-0.39, 0.29) is 11.1 Å². The quantitative estimate of drug-likeness (QED) is 0.331. The molecule has 0 bridgehead atoms. The van der Waals surface area contributed by atoms with E-state index in [9.17, 15) is 0 Å². The second-order valence-electron chi connectivity index (χ2n) is 7.75. The van der Waals surface area contributed by atoms with Gasteiger partial charge in [-0.25, -0.2) is 0 Å². The van der Waals surface area contributed by atoms with E-state index in [1.807, 2.05) is 18.2 Å². The van der Waals surface area contributed by atoms with Crippen molar-refractivity contribution in [3.63, 3.8) is 0 Å². The normalized spacial score (nSPS) is 12.9. The minimum absolute atomic E-state index is 0.0522. The van der Waals surface area contributed by atoms with E-state index in [0.29, 0.717) is 0 Å². The molecule has 0 N–H and O–H groups in total. The Morgan fingerprint density at radius 2 is 2.04 bits per heavy atom. The maximum atomic E-state index is 6.10. The summed E-state index contributed by atoms with van der Waals surface area (Å²) >= 11 is 0. The van der Waals surface area contributed by atoms with Crippen molar-refractivity contribution in [2.45, 2.75) is 53.1 Å². The fourth-order valence-electron chi connectivity index (χ4n) is 2.35. The van der Waals surface area contributed by atoms with Crippen LogP contribution >= 0.6 is 0 Å². The number of hydrogen-bond acceptors (Lipinski definition) is 2. The molecule has 1 aromatic rings. The first-order valence-corrected chi connectivity index (χ1v) is 11.9. The number of allylic oxidation sites excluding steroid dienone is 1. The summed E-state index contributed by atoms with van der Waals surface area (Å²) < 4.78 is 6.10. The first-order valence-electron chi connectivity index (χ1n) is 9.33. The van der Waals surface area contributed by atoms with Crippen LogP contribution in [0.5, 0.6) is 5.75 Å². The van der Waals surface area contributed by atoms with Crippen molar-refractivity contribution in [3.8, 4) is 17.6 Å². The van der Waals surface area contributed by atoms with Crippen LogP contribution in [0.4, 0.5) is 0 Å². The maximum absolute atomic E-state index is 6.10. The number of likely N-dealkylation sites (N-methyl/N-ethyl adjacent to an activating group) is 1. The largest absolute Gasteiger partial charge is 0.490 e. The second-order valence-corrected chi connectivity index (χ2v) is 10.5. The highest BCUT2D eigenvalue weighted by Crippen LogP contribution is 2.17. The summed E-state index contributed by atoms with van der Waals surface area (Å²) in [5.41, 5.74) is 1.46. The molecule has 0 amide bonds. The van der Waals surface area contributed by atoms with E-state index in [4.69, 9.17) is 4.74 Å². The van der Waals surface area contributed by atoms with Crippen LogP contribution in [0.1, 0.15) is 33.3 Å². The summed E-state index contributed by atoms with van der Waals surface area (Å²) in [4.78, 5) is 2.38.